The van der Waals surface area contributed by atoms with Crippen molar-refractivity contribution in [1.29, 1.82) is 0 Å². The summed E-state index contributed by atoms with van der Waals surface area (Å²) in [6, 6.07) is 9.43. The van der Waals surface area contributed by atoms with Crippen molar-refractivity contribution < 1.29 is 13.2 Å². The van der Waals surface area contributed by atoms with Crippen LogP contribution in [0.25, 0.3) is 0 Å². The van der Waals surface area contributed by atoms with Crippen LogP contribution >= 0.6 is 0 Å². The van der Waals surface area contributed by atoms with Crippen LogP contribution in [-0.2, 0) is 23.7 Å². The third kappa shape index (κ3) is 3.20. The van der Waals surface area contributed by atoms with Crippen LogP contribution in [0.1, 0.15) is 11.7 Å². The number of ether oxygens (including phenoxy) is 1. The van der Waals surface area contributed by atoms with Gasteiger partial charge in [-0.05, 0) is 12.1 Å². The molecule has 9 nitrogen and oxygen atoms in total. The molecule has 1 aromatic carbocycles. The molecule has 0 aliphatic carbocycles. The van der Waals surface area contributed by atoms with E-state index in [4.69, 9.17) is 4.74 Å². The maximum atomic E-state index is 12.5. The molecule has 0 spiro atoms. The third-order valence-electron chi connectivity index (χ3n) is 4.18. The van der Waals surface area contributed by atoms with Crippen molar-refractivity contribution in [3.05, 3.63) is 54.7 Å². The Hall–Kier alpha value is -2.72. The average molecular weight is 374 g/mol. The lowest BCUT2D eigenvalue weighted by Crippen LogP contribution is -2.50. The van der Waals surface area contributed by atoms with E-state index in [1.54, 1.807) is 22.5 Å². The summed E-state index contributed by atoms with van der Waals surface area (Å²) in [6.45, 7) is 1.01. The summed E-state index contributed by atoms with van der Waals surface area (Å²) >= 11 is 0. The molecule has 0 radical (unpaired) electrons. The molecule has 136 valence electrons. The number of imidazole rings is 1. The van der Waals surface area contributed by atoms with Gasteiger partial charge in [0.1, 0.15) is 18.1 Å². The molecule has 0 bridgehead atoms. The summed E-state index contributed by atoms with van der Waals surface area (Å²) in [5, 5.41) is 8.24. The highest BCUT2D eigenvalue weighted by molar-refractivity contribution is 7.89. The van der Waals surface area contributed by atoms with E-state index in [9.17, 15) is 8.42 Å². The van der Waals surface area contributed by atoms with Crippen molar-refractivity contribution in [2.24, 2.45) is 7.05 Å². The number of nitrogens with zero attached hydrogens (tertiary/aromatic N) is 6. The number of aromatic nitrogens is 5. The zero-order valence-corrected chi connectivity index (χ0v) is 15.0. The molecule has 0 N–H and O–H groups in total. The quantitative estimate of drug-likeness (QED) is 0.634. The summed E-state index contributed by atoms with van der Waals surface area (Å²) < 4.78 is 35.2. The van der Waals surface area contributed by atoms with Gasteiger partial charge in [0.25, 0.3) is 10.0 Å². The first-order valence-corrected chi connectivity index (χ1v) is 9.53. The van der Waals surface area contributed by atoms with Crippen LogP contribution in [-0.4, -0.2) is 50.4 Å². The van der Waals surface area contributed by atoms with Gasteiger partial charge >= 0.3 is 0 Å². The highest BCUT2D eigenvalue weighted by Gasteiger charge is 2.39. The van der Waals surface area contributed by atoms with E-state index >= 15 is 0 Å². The van der Waals surface area contributed by atoms with E-state index in [0.717, 1.165) is 5.75 Å². The van der Waals surface area contributed by atoms with Crippen LogP contribution in [0.5, 0.6) is 5.75 Å². The second kappa shape index (κ2) is 6.54. The van der Waals surface area contributed by atoms with Crippen LogP contribution in [0, 0.1) is 0 Å². The van der Waals surface area contributed by atoms with Crippen LogP contribution < -0.4 is 4.74 Å². The lowest BCUT2D eigenvalue weighted by molar-refractivity contribution is 0.188. The number of hydrogen-bond donors (Lipinski definition) is 0. The maximum Gasteiger partial charge on any atom is 0.262 e. The van der Waals surface area contributed by atoms with Gasteiger partial charge in [-0.1, -0.05) is 23.4 Å². The molecule has 0 atom stereocenters. The van der Waals surface area contributed by atoms with Crippen molar-refractivity contribution in [1.82, 2.24) is 28.9 Å². The minimum Gasteiger partial charge on any atom is -0.487 e. The van der Waals surface area contributed by atoms with Crippen molar-refractivity contribution in [2.75, 3.05) is 13.1 Å². The second-order valence-corrected chi connectivity index (χ2v) is 8.03. The van der Waals surface area contributed by atoms with Gasteiger partial charge in [0.05, 0.1) is 18.6 Å². The Kier molecular flexibility index (Phi) is 4.21. The number of aryl methyl sites for hydroxylation is 1. The Balaban J connectivity index is 1.35. The Bertz CT molecular complexity index is 992. The lowest BCUT2D eigenvalue weighted by atomic mass is 10.2. The fourth-order valence-electron chi connectivity index (χ4n) is 2.67. The Morgan fingerprint density at radius 2 is 1.96 bits per heavy atom. The highest BCUT2D eigenvalue weighted by atomic mass is 32.2. The first-order valence-electron chi connectivity index (χ1n) is 8.09. The molecule has 1 saturated heterocycles. The van der Waals surface area contributed by atoms with E-state index in [-0.39, 0.29) is 11.1 Å². The summed E-state index contributed by atoms with van der Waals surface area (Å²) in [7, 11) is -1.81. The summed E-state index contributed by atoms with van der Waals surface area (Å²) in [5.74, 6) is 0.762. The number of benzene rings is 1. The molecular weight excluding hydrogens is 356 g/mol. The summed E-state index contributed by atoms with van der Waals surface area (Å²) in [6.07, 6.45) is 4.76. The first-order chi connectivity index (χ1) is 12.5. The van der Waals surface area contributed by atoms with E-state index in [1.165, 1.54) is 16.8 Å². The zero-order valence-electron chi connectivity index (χ0n) is 14.1. The number of hydrogen-bond acceptors (Lipinski definition) is 6. The smallest absolute Gasteiger partial charge is 0.262 e. The molecule has 2 aromatic heterocycles. The first kappa shape index (κ1) is 16.7. The molecule has 0 unspecified atom stereocenters. The molecule has 3 heterocycles. The van der Waals surface area contributed by atoms with Crippen molar-refractivity contribution in [3.63, 3.8) is 0 Å². The summed E-state index contributed by atoms with van der Waals surface area (Å²) in [4.78, 5) is 3.93. The molecule has 0 saturated carbocycles. The molecule has 1 aliphatic rings. The fraction of sp³-hybridized carbons (Fsp3) is 0.312. The van der Waals surface area contributed by atoms with E-state index in [2.05, 4.69) is 15.3 Å². The molecule has 10 heteroatoms. The predicted molar refractivity (Wildman–Crippen MR) is 91.8 cm³/mol. The standard InChI is InChI=1S/C16H18N6O3S/c1-20-10-16(17-12-20)26(23,24)21-8-14(9-21)22-7-13(18-19-22)11-25-15-5-3-2-4-6-15/h2-7,10,12,14H,8-9,11H2,1H3. The second-order valence-electron chi connectivity index (χ2n) is 6.14. The van der Waals surface area contributed by atoms with Crippen LogP contribution in [0.2, 0.25) is 0 Å². The molecule has 3 aromatic rings. The third-order valence-corrected chi connectivity index (χ3v) is 5.89. The molecule has 4 rings (SSSR count). The number of para-hydroxylation sites is 1. The molecule has 1 fully saturated rings. The van der Waals surface area contributed by atoms with Gasteiger partial charge in [-0.2, -0.15) is 4.31 Å². The van der Waals surface area contributed by atoms with Crippen molar-refractivity contribution >= 4 is 10.0 Å². The zero-order chi connectivity index (χ0) is 18.1. The molecule has 26 heavy (non-hydrogen) atoms. The van der Waals surface area contributed by atoms with E-state index in [0.29, 0.717) is 25.4 Å². The van der Waals surface area contributed by atoms with E-state index < -0.39 is 10.0 Å². The highest BCUT2D eigenvalue weighted by Crippen LogP contribution is 2.27. The molecule has 1 aliphatic heterocycles. The van der Waals surface area contributed by atoms with Crippen LogP contribution in [0.4, 0.5) is 0 Å². The molecular formula is C16H18N6O3S. The van der Waals surface area contributed by atoms with E-state index in [1.807, 2.05) is 30.3 Å². The Morgan fingerprint density at radius 3 is 2.65 bits per heavy atom. The van der Waals surface area contributed by atoms with Gasteiger partial charge in [0.2, 0.25) is 0 Å². The van der Waals surface area contributed by atoms with Crippen molar-refractivity contribution in [2.45, 2.75) is 17.7 Å². The average Bonchev–Trinajstić information content (AvgIpc) is 3.22. The minimum absolute atomic E-state index is 0.0357. The monoisotopic (exact) mass is 374 g/mol. The van der Waals surface area contributed by atoms with Gasteiger partial charge < -0.3 is 9.30 Å². The lowest BCUT2D eigenvalue weighted by Gasteiger charge is -2.36. The largest absolute Gasteiger partial charge is 0.487 e. The molecule has 0 amide bonds. The topological polar surface area (TPSA) is 95.1 Å². The fourth-order valence-corrected chi connectivity index (χ4v) is 4.15. The SMILES string of the molecule is Cn1cnc(S(=O)(=O)N2CC(n3cc(COc4ccccc4)nn3)C2)c1. The maximum absolute atomic E-state index is 12.5. The van der Waals surface area contributed by atoms with Crippen LogP contribution in [0.15, 0.2) is 54.1 Å². The van der Waals surface area contributed by atoms with Crippen molar-refractivity contribution in [3.8, 4) is 5.75 Å². The van der Waals surface area contributed by atoms with Gasteiger partial charge in [-0.25, -0.2) is 18.1 Å². The van der Waals surface area contributed by atoms with Gasteiger partial charge in [0.15, 0.2) is 5.03 Å². The van der Waals surface area contributed by atoms with Crippen LogP contribution in [0.3, 0.4) is 0 Å². The predicted octanol–water partition coefficient (Wildman–Crippen LogP) is 0.836. The van der Waals surface area contributed by atoms with Gasteiger partial charge in [-0.3, -0.25) is 0 Å². The van der Waals surface area contributed by atoms with Gasteiger partial charge in [-0.15, -0.1) is 5.10 Å². The number of sulfonamides is 1. The van der Waals surface area contributed by atoms with Gasteiger partial charge in [0, 0.05) is 26.3 Å². The minimum atomic E-state index is -3.55. The Morgan fingerprint density at radius 1 is 1.19 bits per heavy atom. The summed E-state index contributed by atoms with van der Waals surface area (Å²) in [5.41, 5.74) is 0.694. The Labute approximate surface area is 150 Å². The number of rotatable bonds is 6. The normalized spacial score (nSPS) is 15.7.